The molecule has 0 radical (unpaired) electrons. The third-order valence-corrected chi connectivity index (χ3v) is 7.62. The van der Waals surface area contributed by atoms with E-state index in [0.29, 0.717) is 31.6 Å². The number of carboxylic acid groups (broad SMARTS) is 2. The van der Waals surface area contributed by atoms with Gasteiger partial charge in [-0.05, 0) is 44.4 Å². The van der Waals surface area contributed by atoms with Crippen LogP contribution >= 0.6 is 0 Å². The molecule has 27 heavy (non-hydrogen) atoms. The van der Waals surface area contributed by atoms with Crippen molar-refractivity contribution in [1.29, 1.82) is 0 Å². The molecule has 4 heteroatoms. The molecule has 0 aromatic heterocycles. The summed E-state index contributed by atoms with van der Waals surface area (Å²) < 4.78 is 0. The summed E-state index contributed by atoms with van der Waals surface area (Å²) in [5.74, 6) is -1.14. The summed E-state index contributed by atoms with van der Waals surface area (Å²) in [5.41, 5.74) is -2.09. The molecule has 2 aliphatic carbocycles. The van der Waals surface area contributed by atoms with Gasteiger partial charge in [-0.15, -0.1) is 0 Å². The second kappa shape index (κ2) is 10.5. The van der Waals surface area contributed by atoms with Crippen molar-refractivity contribution < 1.29 is 19.8 Å². The maximum Gasteiger partial charge on any atom is 0.310 e. The average Bonchev–Trinajstić information content (AvgIpc) is 2.68. The number of unbranched alkanes of at least 4 members (excludes halogenated alkanes) is 6. The number of carbonyl (C=O) groups is 2. The van der Waals surface area contributed by atoms with Gasteiger partial charge in [-0.2, -0.15) is 0 Å². The first-order valence-corrected chi connectivity index (χ1v) is 11.5. The highest BCUT2D eigenvalue weighted by atomic mass is 16.4. The minimum atomic E-state index is -1.05. The average molecular weight is 381 g/mol. The summed E-state index contributed by atoms with van der Waals surface area (Å²) in [4.78, 5) is 24.5. The van der Waals surface area contributed by atoms with E-state index >= 15 is 0 Å². The SMILES string of the molecule is CCCCCCCCCC1CCC(C(=O)O)(C2(C(=O)O)CCCCC2)CC1. The number of hydrogen-bond acceptors (Lipinski definition) is 2. The lowest BCUT2D eigenvalue weighted by atomic mass is 9.51. The molecule has 4 nitrogen and oxygen atoms in total. The zero-order valence-electron chi connectivity index (χ0n) is 17.3. The molecule has 0 bridgehead atoms. The van der Waals surface area contributed by atoms with Gasteiger partial charge in [-0.25, -0.2) is 0 Å². The van der Waals surface area contributed by atoms with Crippen LogP contribution in [0.3, 0.4) is 0 Å². The highest BCUT2D eigenvalue weighted by Gasteiger charge is 2.61. The standard InChI is InChI=1S/C23H40O4/c1-2-3-4-5-6-7-9-12-19-13-17-23(18-14-19,21(26)27)22(20(24)25)15-10-8-11-16-22/h19H,2-18H2,1H3,(H,24,25)(H,26,27). The Kier molecular flexibility index (Phi) is 8.62. The summed E-state index contributed by atoms with van der Waals surface area (Å²) in [5, 5.41) is 20.1. The minimum Gasteiger partial charge on any atom is -0.481 e. The fourth-order valence-corrected chi connectivity index (χ4v) is 5.80. The third kappa shape index (κ3) is 5.06. The summed E-state index contributed by atoms with van der Waals surface area (Å²) in [6.07, 6.45) is 17.0. The van der Waals surface area contributed by atoms with E-state index in [-0.39, 0.29) is 0 Å². The molecule has 0 heterocycles. The zero-order valence-corrected chi connectivity index (χ0v) is 17.3. The van der Waals surface area contributed by atoms with E-state index in [1.165, 1.54) is 51.4 Å². The van der Waals surface area contributed by atoms with Gasteiger partial charge in [0.1, 0.15) is 0 Å². The van der Waals surface area contributed by atoms with Crippen LogP contribution < -0.4 is 0 Å². The van der Waals surface area contributed by atoms with Crippen molar-refractivity contribution in [1.82, 2.24) is 0 Å². The van der Waals surface area contributed by atoms with E-state index < -0.39 is 22.8 Å². The van der Waals surface area contributed by atoms with Gasteiger partial charge in [0, 0.05) is 0 Å². The maximum atomic E-state index is 12.3. The molecule has 0 aromatic rings. The van der Waals surface area contributed by atoms with Crippen LogP contribution in [0.4, 0.5) is 0 Å². The molecule has 156 valence electrons. The third-order valence-electron chi connectivity index (χ3n) is 7.62. The molecule has 2 N–H and O–H groups in total. The first-order valence-electron chi connectivity index (χ1n) is 11.5. The normalized spacial score (nSPS) is 28.0. The van der Waals surface area contributed by atoms with Crippen molar-refractivity contribution in [2.75, 3.05) is 0 Å². The first kappa shape index (κ1) is 22.2. The molecule has 0 atom stereocenters. The Morgan fingerprint density at radius 1 is 0.741 bits per heavy atom. The Morgan fingerprint density at radius 2 is 1.22 bits per heavy atom. The van der Waals surface area contributed by atoms with E-state index in [9.17, 15) is 19.8 Å². The highest BCUT2D eigenvalue weighted by Crippen LogP contribution is 2.58. The Balaban J connectivity index is 1.87. The fraction of sp³-hybridized carbons (Fsp3) is 0.913. The fourth-order valence-electron chi connectivity index (χ4n) is 5.80. The molecule has 2 rings (SSSR count). The molecular weight excluding hydrogens is 340 g/mol. The first-order chi connectivity index (χ1) is 13.0. The predicted molar refractivity (Wildman–Crippen MR) is 108 cm³/mol. The second-order valence-corrected chi connectivity index (χ2v) is 9.19. The Bertz CT molecular complexity index is 471. The lowest BCUT2D eigenvalue weighted by molar-refractivity contribution is -0.183. The molecular formula is C23H40O4. The maximum absolute atomic E-state index is 12.3. The molecule has 0 spiro atoms. The quantitative estimate of drug-likeness (QED) is 0.405. The number of carboxylic acids is 2. The van der Waals surface area contributed by atoms with Crippen LogP contribution in [-0.2, 0) is 9.59 Å². The highest BCUT2D eigenvalue weighted by molar-refractivity contribution is 5.87. The molecule has 2 saturated carbocycles. The summed E-state index contributed by atoms with van der Waals surface area (Å²) >= 11 is 0. The Labute approximate surface area is 165 Å². The van der Waals surface area contributed by atoms with Crippen molar-refractivity contribution >= 4 is 11.9 Å². The number of hydrogen-bond donors (Lipinski definition) is 2. The van der Waals surface area contributed by atoms with Crippen molar-refractivity contribution in [2.45, 2.75) is 116 Å². The van der Waals surface area contributed by atoms with Crippen LogP contribution in [0.25, 0.3) is 0 Å². The van der Waals surface area contributed by atoms with Gasteiger partial charge in [-0.3, -0.25) is 9.59 Å². The van der Waals surface area contributed by atoms with E-state index in [4.69, 9.17) is 0 Å². The van der Waals surface area contributed by atoms with Gasteiger partial charge in [0.25, 0.3) is 0 Å². The molecule has 0 amide bonds. The van der Waals surface area contributed by atoms with Crippen molar-refractivity contribution in [3.8, 4) is 0 Å². The van der Waals surface area contributed by atoms with Crippen molar-refractivity contribution in [2.24, 2.45) is 16.7 Å². The number of aliphatic carboxylic acids is 2. The summed E-state index contributed by atoms with van der Waals surface area (Å²) in [6, 6.07) is 0. The Hall–Kier alpha value is -1.06. The van der Waals surface area contributed by atoms with Crippen molar-refractivity contribution in [3.05, 3.63) is 0 Å². The second-order valence-electron chi connectivity index (χ2n) is 9.19. The predicted octanol–water partition coefficient (Wildman–Crippen LogP) is 6.42. The largest absolute Gasteiger partial charge is 0.481 e. The van der Waals surface area contributed by atoms with Gasteiger partial charge < -0.3 is 10.2 Å². The molecule has 0 aromatic carbocycles. The van der Waals surface area contributed by atoms with Crippen LogP contribution in [-0.4, -0.2) is 22.2 Å². The lowest BCUT2D eigenvalue weighted by Gasteiger charge is -2.50. The molecule has 0 aliphatic heterocycles. The van der Waals surface area contributed by atoms with E-state index in [1.807, 2.05) is 0 Å². The zero-order chi connectivity index (χ0) is 19.8. The van der Waals surface area contributed by atoms with Crippen molar-refractivity contribution in [3.63, 3.8) is 0 Å². The van der Waals surface area contributed by atoms with Gasteiger partial charge in [0.15, 0.2) is 0 Å². The number of rotatable bonds is 11. The molecule has 2 aliphatic rings. The van der Waals surface area contributed by atoms with E-state index in [1.54, 1.807) is 0 Å². The van der Waals surface area contributed by atoms with Gasteiger partial charge in [0.05, 0.1) is 10.8 Å². The van der Waals surface area contributed by atoms with Crippen LogP contribution in [0.1, 0.15) is 116 Å². The van der Waals surface area contributed by atoms with Crippen LogP contribution in [0.2, 0.25) is 0 Å². The lowest BCUT2D eigenvalue weighted by Crippen LogP contribution is -2.55. The molecule has 2 fully saturated rings. The van der Waals surface area contributed by atoms with Crippen LogP contribution in [0, 0.1) is 16.7 Å². The van der Waals surface area contributed by atoms with Crippen LogP contribution in [0.5, 0.6) is 0 Å². The van der Waals surface area contributed by atoms with Crippen LogP contribution in [0.15, 0.2) is 0 Å². The van der Waals surface area contributed by atoms with E-state index in [0.717, 1.165) is 32.1 Å². The summed E-state index contributed by atoms with van der Waals surface area (Å²) in [6.45, 7) is 2.24. The monoisotopic (exact) mass is 380 g/mol. The molecule has 0 unspecified atom stereocenters. The Morgan fingerprint density at radius 3 is 1.74 bits per heavy atom. The van der Waals surface area contributed by atoms with Gasteiger partial charge >= 0.3 is 11.9 Å². The minimum absolute atomic E-state index is 0.539. The van der Waals surface area contributed by atoms with Gasteiger partial charge in [0.2, 0.25) is 0 Å². The summed E-state index contributed by atoms with van der Waals surface area (Å²) in [7, 11) is 0. The topological polar surface area (TPSA) is 74.6 Å². The molecule has 0 saturated heterocycles. The smallest absolute Gasteiger partial charge is 0.310 e. The van der Waals surface area contributed by atoms with E-state index in [2.05, 4.69) is 6.92 Å². The van der Waals surface area contributed by atoms with Gasteiger partial charge in [-0.1, -0.05) is 77.6 Å².